The number of hydrogen-bond donors (Lipinski definition) is 0. The number of benzene rings is 9. The van der Waals surface area contributed by atoms with Gasteiger partial charge in [-0.2, -0.15) is 0 Å². The monoisotopic (exact) mass is 700 g/mol. The molecule has 3 heteroatoms. The second-order valence-electron chi connectivity index (χ2n) is 14.1. The third-order valence-corrected chi connectivity index (χ3v) is 10.9. The summed E-state index contributed by atoms with van der Waals surface area (Å²) >= 11 is 0. The quantitative estimate of drug-likeness (QED) is 0.133. The number of aromatic nitrogens is 2. The zero-order chi connectivity index (χ0) is 36.3. The Hall–Kier alpha value is -7.36. The van der Waals surface area contributed by atoms with Gasteiger partial charge >= 0.3 is 0 Å². The Kier molecular flexibility index (Phi) is 7.17. The van der Waals surface area contributed by atoms with Gasteiger partial charge in [-0.05, 0) is 73.5 Å². The van der Waals surface area contributed by atoms with Gasteiger partial charge in [0.15, 0.2) is 5.82 Å². The van der Waals surface area contributed by atoms with Crippen LogP contribution in [-0.2, 0) is 0 Å². The molecule has 0 amide bonds. The molecule has 0 aliphatic carbocycles. The lowest BCUT2D eigenvalue weighted by Gasteiger charge is -2.20. The molecule has 0 aliphatic heterocycles. The van der Waals surface area contributed by atoms with Gasteiger partial charge in [-0.25, -0.2) is 9.97 Å². The molecule has 0 saturated heterocycles. The molecule has 11 rings (SSSR count). The highest BCUT2D eigenvalue weighted by Gasteiger charge is 2.22. The topological polar surface area (TPSA) is 38.9 Å². The van der Waals surface area contributed by atoms with Crippen molar-refractivity contribution < 1.29 is 4.42 Å². The molecule has 2 aromatic heterocycles. The number of furan rings is 1. The zero-order valence-electron chi connectivity index (χ0n) is 29.8. The summed E-state index contributed by atoms with van der Waals surface area (Å²) < 4.78 is 6.20. The number of fused-ring (bicyclic) bond motifs is 7. The highest BCUT2D eigenvalue weighted by Crippen LogP contribution is 2.47. The van der Waals surface area contributed by atoms with Crippen molar-refractivity contribution in [3.8, 4) is 56.2 Å². The van der Waals surface area contributed by atoms with E-state index in [1.807, 2.05) is 18.2 Å². The Labute approximate surface area is 317 Å². The van der Waals surface area contributed by atoms with Gasteiger partial charge in [0.1, 0.15) is 11.2 Å². The van der Waals surface area contributed by atoms with Gasteiger partial charge in [0.25, 0.3) is 0 Å². The van der Waals surface area contributed by atoms with E-state index >= 15 is 0 Å². The molecule has 0 radical (unpaired) electrons. The van der Waals surface area contributed by atoms with E-state index in [0.29, 0.717) is 5.82 Å². The molecular formula is C52H32N2O. The molecule has 0 atom stereocenters. The number of rotatable bonds is 5. The predicted molar refractivity (Wildman–Crippen MR) is 229 cm³/mol. The maximum absolute atomic E-state index is 6.20. The van der Waals surface area contributed by atoms with E-state index in [-0.39, 0.29) is 0 Å². The van der Waals surface area contributed by atoms with Gasteiger partial charge in [0, 0.05) is 32.8 Å². The molecule has 256 valence electrons. The van der Waals surface area contributed by atoms with Crippen molar-refractivity contribution in [3.63, 3.8) is 0 Å². The second-order valence-corrected chi connectivity index (χ2v) is 14.1. The summed E-state index contributed by atoms with van der Waals surface area (Å²) in [5.41, 5.74) is 11.2. The molecule has 3 nitrogen and oxygen atoms in total. The highest BCUT2D eigenvalue weighted by molar-refractivity contribution is 6.27. The summed E-state index contributed by atoms with van der Waals surface area (Å²) in [5, 5.41) is 9.31. The first-order chi connectivity index (χ1) is 27.3. The average molecular weight is 701 g/mol. The lowest BCUT2D eigenvalue weighted by molar-refractivity contribution is 0.669. The van der Waals surface area contributed by atoms with E-state index in [9.17, 15) is 0 Å². The van der Waals surface area contributed by atoms with Crippen LogP contribution in [-0.4, -0.2) is 9.97 Å². The first-order valence-electron chi connectivity index (χ1n) is 18.7. The van der Waals surface area contributed by atoms with E-state index in [1.54, 1.807) is 0 Å². The Morgan fingerprint density at radius 3 is 1.73 bits per heavy atom. The summed E-state index contributed by atoms with van der Waals surface area (Å²) in [7, 11) is 0. The summed E-state index contributed by atoms with van der Waals surface area (Å²) in [5.74, 6) is 0.684. The molecule has 0 spiro atoms. The third-order valence-electron chi connectivity index (χ3n) is 10.9. The first-order valence-corrected chi connectivity index (χ1v) is 18.7. The minimum Gasteiger partial charge on any atom is -0.456 e. The molecule has 0 fully saturated rings. The fraction of sp³-hybridized carbons (Fsp3) is 0. The van der Waals surface area contributed by atoms with Crippen LogP contribution < -0.4 is 0 Å². The van der Waals surface area contributed by atoms with Crippen molar-refractivity contribution in [3.05, 3.63) is 194 Å². The summed E-state index contributed by atoms with van der Waals surface area (Å²) in [6.45, 7) is 0. The molecule has 0 unspecified atom stereocenters. The maximum atomic E-state index is 6.20. The molecule has 11 aromatic rings. The molecule has 0 aliphatic rings. The maximum Gasteiger partial charge on any atom is 0.160 e. The Morgan fingerprint density at radius 1 is 0.327 bits per heavy atom. The number of para-hydroxylation sites is 1. The van der Waals surface area contributed by atoms with Gasteiger partial charge in [-0.15, -0.1) is 0 Å². The highest BCUT2D eigenvalue weighted by atomic mass is 16.3. The average Bonchev–Trinajstić information content (AvgIpc) is 3.64. The molecule has 9 aromatic carbocycles. The summed E-state index contributed by atoms with van der Waals surface area (Å²) in [4.78, 5) is 10.8. The third kappa shape index (κ3) is 5.13. The molecule has 2 heterocycles. The fourth-order valence-electron chi connectivity index (χ4n) is 8.41. The van der Waals surface area contributed by atoms with Gasteiger partial charge in [0.2, 0.25) is 0 Å². The van der Waals surface area contributed by atoms with Gasteiger partial charge in [0.05, 0.1) is 11.4 Å². The van der Waals surface area contributed by atoms with Crippen LogP contribution >= 0.6 is 0 Å². The first kappa shape index (κ1) is 31.2. The van der Waals surface area contributed by atoms with Crippen LogP contribution in [0.25, 0.3) is 110 Å². The van der Waals surface area contributed by atoms with Crippen LogP contribution in [0.1, 0.15) is 0 Å². The van der Waals surface area contributed by atoms with Gasteiger partial charge in [-0.3, -0.25) is 0 Å². The van der Waals surface area contributed by atoms with Crippen molar-refractivity contribution in [2.75, 3.05) is 0 Å². The summed E-state index contributed by atoms with van der Waals surface area (Å²) in [6, 6.07) is 68.6. The molecule has 0 N–H and O–H groups in total. The molecule has 55 heavy (non-hydrogen) atoms. The van der Waals surface area contributed by atoms with Crippen molar-refractivity contribution in [1.29, 1.82) is 0 Å². The van der Waals surface area contributed by atoms with Crippen LogP contribution in [0.5, 0.6) is 0 Å². The predicted octanol–water partition coefficient (Wildman–Crippen LogP) is 14.2. The minimum absolute atomic E-state index is 0.684. The number of hydrogen-bond acceptors (Lipinski definition) is 3. The van der Waals surface area contributed by atoms with Crippen LogP contribution in [0.15, 0.2) is 199 Å². The van der Waals surface area contributed by atoms with Crippen LogP contribution in [0.3, 0.4) is 0 Å². The lowest BCUT2D eigenvalue weighted by Crippen LogP contribution is -1.99. The van der Waals surface area contributed by atoms with E-state index in [4.69, 9.17) is 14.4 Å². The van der Waals surface area contributed by atoms with E-state index in [0.717, 1.165) is 66.5 Å². The fourth-order valence-corrected chi connectivity index (χ4v) is 8.41. The molecule has 0 saturated carbocycles. The zero-order valence-corrected chi connectivity index (χ0v) is 29.8. The normalized spacial score (nSPS) is 11.6. The second kappa shape index (κ2) is 12.6. The van der Waals surface area contributed by atoms with Crippen molar-refractivity contribution in [1.82, 2.24) is 9.97 Å². The lowest BCUT2D eigenvalue weighted by atomic mass is 9.85. The molecule has 0 bridgehead atoms. The Morgan fingerprint density at radius 2 is 0.927 bits per heavy atom. The largest absolute Gasteiger partial charge is 0.456 e. The standard InChI is InChI=1S/C52H32N2O/c1-3-16-34(17-4-1)49-41-24-11-12-25-42(41)51(50-38-21-8-7-15-33(38)27-29-43(49)50)46-32-45(53-52(54-46)35-18-5-2-6-19-35)39-22-10-9-20-37(39)36-28-30-48-44(31-36)40-23-13-14-26-47(40)55-48/h1-32H. The minimum atomic E-state index is 0.684. The van der Waals surface area contributed by atoms with Crippen LogP contribution in [0.2, 0.25) is 0 Å². The van der Waals surface area contributed by atoms with Crippen LogP contribution in [0, 0.1) is 0 Å². The van der Waals surface area contributed by atoms with Crippen molar-refractivity contribution >= 4 is 54.3 Å². The van der Waals surface area contributed by atoms with E-state index < -0.39 is 0 Å². The molecular weight excluding hydrogens is 669 g/mol. The van der Waals surface area contributed by atoms with Crippen molar-refractivity contribution in [2.45, 2.75) is 0 Å². The number of nitrogens with zero attached hydrogens (tertiary/aromatic N) is 2. The SMILES string of the molecule is c1ccc(-c2nc(-c3ccccc3-c3ccc4oc5ccccc5c4c3)cc(-c3c4ccccc4c(-c4ccccc4)c4ccc5ccccc5c34)n2)cc1. The van der Waals surface area contributed by atoms with Crippen molar-refractivity contribution in [2.24, 2.45) is 0 Å². The van der Waals surface area contributed by atoms with E-state index in [1.165, 1.54) is 38.1 Å². The Bertz CT molecular complexity index is 3250. The van der Waals surface area contributed by atoms with Crippen LogP contribution in [0.4, 0.5) is 0 Å². The van der Waals surface area contributed by atoms with Gasteiger partial charge < -0.3 is 4.42 Å². The van der Waals surface area contributed by atoms with Gasteiger partial charge in [-0.1, -0.05) is 170 Å². The summed E-state index contributed by atoms with van der Waals surface area (Å²) in [6.07, 6.45) is 0. The van der Waals surface area contributed by atoms with E-state index in [2.05, 4.69) is 176 Å². The Balaban J connectivity index is 1.23. The smallest absolute Gasteiger partial charge is 0.160 e.